The summed E-state index contributed by atoms with van der Waals surface area (Å²) < 4.78 is 0. The van der Waals surface area contributed by atoms with Gasteiger partial charge < -0.3 is 0 Å². The zero-order chi connectivity index (χ0) is 6.57. The molecule has 0 fully saturated rings. The van der Waals surface area contributed by atoms with Crippen molar-refractivity contribution in [2.45, 2.75) is 9.81 Å². The Labute approximate surface area is 66.7 Å². The van der Waals surface area contributed by atoms with E-state index in [1.54, 1.807) is 0 Å². The summed E-state index contributed by atoms with van der Waals surface area (Å²) in [6, 6.07) is 0. The zero-order valence-corrected chi connectivity index (χ0v) is 9.84. The van der Waals surface area contributed by atoms with Crippen LogP contribution in [0.15, 0.2) is 0 Å². The number of hydrogen-bond donors (Lipinski definition) is 0. The average Bonchev–Trinajstić information content (AvgIpc) is 1.61. The van der Waals surface area contributed by atoms with Gasteiger partial charge in [0.2, 0.25) is 0 Å². The molecule has 36 valence electrons. The molecule has 12 radical (unpaired) electrons. The van der Waals surface area contributed by atoms with Crippen molar-refractivity contribution < 1.29 is 0 Å². The Balaban J connectivity index is 3.34. The molecule has 0 aromatic carbocycles. The van der Waals surface area contributed by atoms with Crippen LogP contribution in [-0.2, 0) is 0 Å². The first-order valence-electron chi connectivity index (χ1n) is 1.87. The summed E-state index contributed by atoms with van der Waals surface area (Å²) in [6.45, 7) is 0. The Morgan fingerprint density at radius 1 is 0.750 bits per heavy atom. The highest BCUT2D eigenvalue weighted by Gasteiger charge is 1.88. The van der Waals surface area contributed by atoms with Crippen molar-refractivity contribution in [3.63, 3.8) is 0 Å². The Morgan fingerprint density at radius 3 is 1.12 bits per heavy atom. The Morgan fingerprint density at radius 2 is 1.00 bits per heavy atom. The third kappa shape index (κ3) is 7.47. The van der Waals surface area contributed by atoms with Crippen molar-refractivity contribution in [2.24, 2.45) is 0 Å². The van der Waals surface area contributed by atoms with Crippen molar-refractivity contribution in [1.82, 2.24) is 0 Å². The third-order valence-corrected chi connectivity index (χ3v) is 6.84. The molecule has 0 aromatic heterocycles. The lowest BCUT2D eigenvalue weighted by Crippen LogP contribution is -1.95. The number of hydrogen-bond acceptors (Lipinski definition) is 0. The van der Waals surface area contributed by atoms with Crippen molar-refractivity contribution >= 4 is 56.7 Å². The van der Waals surface area contributed by atoms with Gasteiger partial charge in [0, 0.05) is 41.0 Å². The van der Waals surface area contributed by atoms with E-state index in [-0.39, 0.29) is 0 Å². The van der Waals surface area contributed by atoms with Crippen molar-refractivity contribution in [1.29, 1.82) is 0 Å². The molecule has 0 rings (SSSR count). The van der Waals surface area contributed by atoms with E-state index in [1.165, 1.54) is 15.7 Å². The van der Waals surface area contributed by atoms with Crippen LogP contribution in [0.5, 0.6) is 0 Å². The summed E-state index contributed by atoms with van der Waals surface area (Å²) in [5.41, 5.74) is 0. The minimum Gasteiger partial charge on any atom is -0.0808 e. The zero-order valence-electron chi connectivity index (χ0n) is 4.05. The van der Waals surface area contributed by atoms with E-state index in [4.69, 9.17) is 0 Å². The van der Waals surface area contributed by atoms with E-state index in [9.17, 15) is 0 Å². The van der Waals surface area contributed by atoms with E-state index in [0.717, 1.165) is 0 Å². The van der Waals surface area contributed by atoms with Crippen LogP contribution in [0.3, 0.4) is 0 Å². The molecule has 0 saturated carbocycles. The van der Waals surface area contributed by atoms with Crippen LogP contribution < -0.4 is 0 Å². The molecule has 0 aliphatic rings. The van der Waals surface area contributed by atoms with Gasteiger partial charge in [0.05, 0.1) is 0 Å². The summed E-state index contributed by atoms with van der Waals surface area (Å²) in [5, 5.41) is 0. The Hall–Kier alpha value is 1.47. The fraction of sp³-hybridized carbons (Fsp3) is 1.00. The third-order valence-electron chi connectivity index (χ3n) is 0.298. The lowest BCUT2D eigenvalue weighted by atomic mass is 11.8. The van der Waals surface area contributed by atoms with Crippen molar-refractivity contribution in [2.75, 3.05) is 0 Å². The second-order valence-electron chi connectivity index (χ2n) is 1.04. The van der Waals surface area contributed by atoms with Gasteiger partial charge in [-0.1, -0.05) is 15.7 Å². The van der Waals surface area contributed by atoms with E-state index in [0.29, 0.717) is 9.81 Å². The molecule has 0 amide bonds. The first-order valence-corrected chi connectivity index (χ1v) is 6.81. The molecule has 0 aromatic rings. The van der Waals surface area contributed by atoms with E-state index in [1.807, 2.05) is 0 Å². The van der Waals surface area contributed by atoms with Gasteiger partial charge >= 0.3 is 0 Å². The molecule has 0 N–H and O–H groups in total. The maximum absolute atomic E-state index is 3.40. The summed E-state index contributed by atoms with van der Waals surface area (Å²) in [4.78, 5) is 0.790. The van der Waals surface area contributed by atoms with Gasteiger partial charge in [0.1, 0.15) is 0 Å². The molecule has 6 heteroatoms. The van der Waals surface area contributed by atoms with Crippen LogP contribution in [0.4, 0.5) is 0 Å². The first-order chi connectivity index (χ1) is 3.63. The standard InChI is InChI=1S/C2H2P2Si4/c5-1(6)3-4-2(7)8/h1-2H. The lowest BCUT2D eigenvalue weighted by Gasteiger charge is -1.92. The summed E-state index contributed by atoms with van der Waals surface area (Å²) >= 11 is 0. The molecule has 0 heterocycles. The monoisotopic (exact) mass is 200 g/mol. The van der Waals surface area contributed by atoms with E-state index in [2.05, 4.69) is 41.0 Å². The van der Waals surface area contributed by atoms with Gasteiger partial charge in [-0.05, 0) is 9.81 Å². The minimum atomic E-state index is 0.395. The summed E-state index contributed by atoms with van der Waals surface area (Å²) in [5.74, 6) is 0. The van der Waals surface area contributed by atoms with Gasteiger partial charge in [0.15, 0.2) is 0 Å². The molecule has 0 aliphatic heterocycles. The molecule has 0 unspecified atom stereocenters. The van der Waals surface area contributed by atoms with Crippen LogP contribution in [0, 0.1) is 0 Å². The smallest absolute Gasteiger partial charge is 0.0340 e. The van der Waals surface area contributed by atoms with Gasteiger partial charge in [0.25, 0.3) is 0 Å². The van der Waals surface area contributed by atoms with Gasteiger partial charge in [-0.3, -0.25) is 0 Å². The molecule has 0 bridgehead atoms. The molecular formula is C2H2P2Si4. The molecule has 0 aliphatic carbocycles. The highest BCUT2D eigenvalue weighted by atomic mass is 31.7. The largest absolute Gasteiger partial charge is 0.0808 e. The van der Waals surface area contributed by atoms with E-state index >= 15 is 0 Å². The highest BCUT2D eigenvalue weighted by Crippen LogP contribution is 2.19. The van der Waals surface area contributed by atoms with Gasteiger partial charge in [-0.25, -0.2) is 0 Å². The lowest BCUT2D eigenvalue weighted by molar-refractivity contribution is 1.97. The number of rotatable bonds is 2. The highest BCUT2D eigenvalue weighted by molar-refractivity contribution is 7.87. The second kappa shape index (κ2) is 5.27. The topological polar surface area (TPSA) is 0 Å². The summed E-state index contributed by atoms with van der Waals surface area (Å²) in [7, 11) is 16.2. The second-order valence-corrected chi connectivity index (χ2v) is 9.32. The van der Waals surface area contributed by atoms with Gasteiger partial charge in [-0.2, -0.15) is 0 Å². The van der Waals surface area contributed by atoms with Crippen LogP contribution in [0.2, 0.25) is 0 Å². The molecule has 0 saturated heterocycles. The molecular weight excluding hydrogens is 198 g/mol. The minimum absolute atomic E-state index is 0.395. The normalized spacial score (nSPS) is 12.2. The quantitative estimate of drug-likeness (QED) is 0.436. The van der Waals surface area contributed by atoms with E-state index < -0.39 is 0 Å². The van der Waals surface area contributed by atoms with Crippen LogP contribution in [0.1, 0.15) is 0 Å². The van der Waals surface area contributed by atoms with Gasteiger partial charge in [-0.15, -0.1) is 0 Å². The predicted octanol–water partition coefficient (Wildman–Crippen LogP) is 0.0350. The Kier molecular flexibility index (Phi) is 6.23. The maximum atomic E-state index is 3.40. The average molecular weight is 200 g/mol. The Bertz CT molecular complexity index is 70.1. The predicted molar refractivity (Wildman–Crippen MR) is 44.4 cm³/mol. The summed E-state index contributed by atoms with van der Waals surface area (Å²) in [6.07, 6.45) is 0. The van der Waals surface area contributed by atoms with Crippen molar-refractivity contribution in [3.8, 4) is 0 Å². The fourth-order valence-corrected chi connectivity index (χ4v) is 3.60. The first kappa shape index (κ1) is 9.47. The molecule has 0 nitrogen and oxygen atoms in total. The van der Waals surface area contributed by atoms with Crippen molar-refractivity contribution in [3.05, 3.63) is 0 Å². The SMILES string of the molecule is [Si]C([Si])P=PC([Si])[Si]. The molecule has 0 atom stereocenters. The molecule has 0 spiro atoms. The van der Waals surface area contributed by atoms with Crippen LogP contribution in [-0.4, -0.2) is 50.8 Å². The maximum Gasteiger partial charge on any atom is 0.0340 e. The van der Waals surface area contributed by atoms with Crippen LogP contribution >= 0.6 is 15.7 Å². The molecule has 8 heavy (non-hydrogen) atoms. The van der Waals surface area contributed by atoms with Crippen LogP contribution in [0.25, 0.3) is 0 Å². The fourth-order valence-electron chi connectivity index (χ4n) is 0.133.